The first-order valence-corrected chi connectivity index (χ1v) is 7.80. The van der Waals surface area contributed by atoms with E-state index in [-0.39, 0.29) is 0 Å². The van der Waals surface area contributed by atoms with E-state index in [4.69, 9.17) is 0 Å². The van der Waals surface area contributed by atoms with Crippen LogP contribution in [0.25, 0.3) is 5.82 Å². The first-order valence-electron chi connectivity index (χ1n) is 7.80. The average Bonchev–Trinajstić information content (AvgIpc) is 3.05. The molecule has 0 spiro atoms. The van der Waals surface area contributed by atoms with Crippen LogP contribution in [0, 0.1) is 0 Å². The van der Waals surface area contributed by atoms with Crippen molar-refractivity contribution in [3.8, 4) is 5.82 Å². The highest BCUT2D eigenvalue weighted by Crippen LogP contribution is 2.17. The summed E-state index contributed by atoms with van der Waals surface area (Å²) >= 11 is 0. The Morgan fingerprint density at radius 3 is 2.76 bits per heavy atom. The number of aromatic nitrogens is 3. The molecule has 21 heavy (non-hydrogen) atoms. The third-order valence-corrected chi connectivity index (χ3v) is 3.99. The third kappa shape index (κ3) is 3.61. The molecule has 2 aromatic heterocycles. The number of piperidine rings is 1. The number of anilines is 1. The van der Waals surface area contributed by atoms with Crippen molar-refractivity contribution < 1.29 is 0 Å². The van der Waals surface area contributed by atoms with Crippen LogP contribution in [-0.2, 0) is 0 Å². The smallest absolute Gasteiger partial charge is 0.153 e. The predicted molar refractivity (Wildman–Crippen MR) is 84.7 cm³/mol. The maximum atomic E-state index is 4.46. The van der Waals surface area contributed by atoms with Crippen LogP contribution in [0.1, 0.15) is 26.2 Å². The Labute approximate surface area is 126 Å². The van der Waals surface area contributed by atoms with E-state index in [1.165, 1.54) is 38.9 Å². The fraction of sp³-hybridized carbons (Fsp3) is 0.500. The van der Waals surface area contributed by atoms with Crippen LogP contribution in [0.5, 0.6) is 0 Å². The molecule has 0 radical (unpaired) electrons. The minimum Gasteiger partial charge on any atom is -0.381 e. The standard InChI is InChI=1S/C16H23N5/c1-2-9-20-11-6-14(7-12-20)19-15-4-5-16(17-13-15)21-10-3-8-18-21/h3-5,8,10,13-14,19H,2,6-7,9,11-12H2,1H3. The van der Waals surface area contributed by atoms with Crippen LogP contribution in [0.2, 0.25) is 0 Å². The summed E-state index contributed by atoms with van der Waals surface area (Å²) < 4.78 is 1.77. The zero-order valence-corrected chi connectivity index (χ0v) is 12.6. The van der Waals surface area contributed by atoms with E-state index in [2.05, 4.69) is 33.3 Å². The molecule has 0 amide bonds. The second kappa shape index (κ2) is 6.72. The minimum atomic E-state index is 0.565. The van der Waals surface area contributed by atoms with Gasteiger partial charge in [-0.2, -0.15) is 5.10 Å². The largest absolute Gasteiger partial charge is 0.381 e. The maximum absolute atomic E-state index is 4.46. The van der Waals surface area contributed by atoms with E-state index in [1.807, 2.05) is 24.5 Å². The van der Waals surface area contributed by atoms with E-state index in [1.54, 1.807) is 10.9 Å². The monoisotopic (exact) mass is 285 g/mol. The van der Waals surface area contributed by atoms with Crippen LogP contribution in [0.3, 0.4) is 0 Å². The van der Waals surface area contributed by atoms with E-state index in [0.29, 0.717) is 6.04 Å². The van der Waals surface area contributed by atoms with Gasteiger partial charge in [-0.1, -0.05) is 6.92 Å². The van der Waals surface area contributed by atoms with Crippen molar-refractivity contribution in [1.29, 1.82) is 0 Å². The molecule has 0 atom stereocenters. The lowest BCUT2D eigenvalue weighted by Gasteiger charge is -2.32. The lowest BCUT2D eigenvalue weighted by atomic mass is 10.0. The summed E-state index contributed by atoms with van der Waals surface area (Å²) in [5, 5.41) is 7.78. The average molecular weight is 285 g/mol. The molecule has 5 nitrogen and oxygen atoms in total. The summed E-state index contributed by atoms with van der Waals surface area (Å²) in [6.07, 6.45) is 9.23. The molecule has 1 aliphatic rings. The Morgan fingerprint density at radius 2 is 2.14 bits per heavy atom. The number of rotatable bonds is 5. The molecule has 2 aromatic rings. The molecule has 1 N–H and O–H groups in total. The minimum absolute atomic E-state index is 0.565. The maximum Gasteiger partial charge on any atom is 0.153 e. The fourth-order valence-corrected chi connectivity index (χ4v) is 2.86. The number of nitrogens with zero attached hydrogens (tertiary/aromatic N) is 4. The van der Waals surface area contributed by atoms with E-state index >= 15 is 0 Å². The molecule has 1 fully saturated rings. The van der Waals surface area contributed by atoms with Gasteiger partial charge in [0, 0.05) is 31.5 Å². The normalized spacial score (nSPS) is 17.0. The molecule has 0 unspecified atom stereocenters. The zero-order chi connectivity index (χ0) is 14.5. The van der Waals surface area contributed by atoms with E-state index in [0.717, 1.165) is 11.5 Å². The summed E-state index contributed by atoms with van der Waals surface area (Å²) in [5.74, 6) is 0.850. The Kier molecular flexibility index (Phi) is 4.50. The number of likely N-dealkylation sites (tertiary alicyclic amines) is 1. The summed E-state index contributed by atoms with van der Waals surface area (Å²) in [6.45, 7) is 5.87. The first kappa shape index (κ1) is 14.1. The Balaban J connectivity index is 1.54. The molecule has 0 saturated carbocycles. The van der Waals surface area contributed by atoms with E-state index in [9.17, 15) is 0 Å². The Hall–Kier alpha value is -1.88. The first-order chi connectivity index (χ1) is 10.3. The molecule has 0 bridgehead atoms. The van der Waals surface area contributed by atoms with Crippen LogP contribution >= 0.6 is 0 Å². The fourth-order valence-electron chi connectivity index (χ4n) is 2.86. The van der Waals surface area contributed by atoms with Crippen LogP contribution in [0.15, 0.2) is 36.8 Å². The van der Waals surface area contributed by atoms with Crippen molar-refractivity contribution in [2.75, 3.05) is 25.0 Å². The van der Waals surface area contributed by atoms with Crippen LogP contribution < -0.4 is 5.32 Å². The van der Waals surface area contributed by atoms with Gasteiger partial charge in [0.15, 0.2) is 5.82 Å². The molecule has 0 aliphatic carbocycles. The van der Waals surface area contributed by atoms with Gasteiger partial charge in [0.25, 0.3) is 0 Å². The van der Waals surface area contributed by atoms with Gasteiger partial charge in [0.2, 0.25) is 0 Å². The van der Waals surface area contributed by atoms with Crippen molar-refractivity contribution >= 4 is 5.69 Å². The highest BCUT2D eigenvalue weighted by molar-refractivity contribution is 5.44. The van der Waals surface area contributed by atoms with Gasteiger partial charge >= 0.3 is 0 Å². The lowest BCUT2D eigenvalue weighted by molar-refractivity contribution is 0.219. The molecule has 1 saturated heterocycles. The lowest BCUT2D eigenvalue weighted by Crippen LogP contribution is -2.39. The molecule has 5 heteroatoms. The van der Waals surface area contributed by atoms with Gasteiger partial charge in [-0.05, 0) is 44.0 Å². The zero-order valence-electron chi connectivity index (χ0n) is 12.6. The number of hydrogen-bond donors (Lipinski definition) is 1. The summed E-state index contributed by atoms with van der Waals surface area (Å²) in [6, 6.07) is 6.55. The van der Waals surface area contributed by atoms with Crippen LogP contribution in [-0.4, -0.2) is 45.3 Å². The van der Waals surface area contributed by atoms with Gasteiger partial charge in [0.05, 0.1) is 11.9 Å². The number of pyridine rings is 1. The number of hydrogen-bond acceptors (Lipinski definition) is 4. The van der Waals surface area contributed by atoms with Crippen molar-refractivity contribution in [3.05, 3.63) is 36.8 Å². The van der Waals surface area contributed by atoms with Crippen molar-refractivity contribution in [2.24, 2.45) is 0 Å². The number of nitrogens with one attached hydrogen (secondary N) is 1. The molecule has 0 aromatic carbocycles. The Bertz CT molecular complexity index is 526. The summed E-state index contributed by atoms with van der Waals surface area (Å²) in [5.41, 5.74) is 1.10. The second-order valence-corrected chi connectivity index (χ2v) is 5.62. The van der Waals surface area contributed by atoms with Gasteiger partial charge < -0.3 is 10.2 Å². The highest BCUT2D eigenvalue weighted by atomic mass is 15.3. The van der Waals surface area contributed by atoms with Gasteiger partial charge in [-0.25, -0.2) is 9.67 Å². The third-order valence-electron chi connectivity index (χ3n) is 3.99. The SMILES string of the molecule is CCCN1CCC(Nc2ccc(-n3cccn3)nc2)CC1. The molecule has 1 aliphatic heterocycles. The molecular formula is C16H23N5. The molecule has 3 heterocycles. The summed E-state index contributed by atoms with van der Waals surface area (Å²) in [4.78, 5) is 7.01. The van der Waals surface area contributed by atoms with Gasteiger partial charge in [-0.3, -0.25) is 0 Å². The molecular weight excluding hydrogens is 262 g/mol. The van der Waals surface area contributed by atoms with Crippen molar-refractivity contribution in [2.45, 2.75) is 32.2 Å². The van der Waals surface area contributed by atoms with Gasteiger partial charge in [-0.15, -0.1) is 0 Å². The predicted octanol–water partition coefficient (Wildman–Crippen LogP) is 2.55. The van der Waals surface area contributed by atoms with Gasteiger partial charge in [0.1, 0.15) is 0 Å². The summed E-state index contributed by atoms with van der Waals surface area (Å²) in [7, 11) is 0. The van der Waals surface area contributed by atoms with Crippen LogP contribution in [0.4, 0.5) is 5.69 Å². The topological polar surface area (TPSA) is 46.0 Å². The van der Waals surface area contributed by atoms with E-state index < -0.39 is 0 Å². The Morgan fingerprint density at radius 1 is 1.29 bits per heavy atom. The quantitative estimate of drug-likeness (QED) is 0.917. The van der Waals surface area contributed by atoms with Crippen molar-refractivity contribution in [3.63, 3.8) is 0 Å². The molecule has 112 valence electrons. The highest BCUT2D eigenvalue weighted by Gasteiger charge is 2.18. The van der Waals surface area contributed by atoms with Crippen molar-refractivity contribution in [1.82, 2.24) is 19.7 Å². The second-order valence-electron chi connectivity index (χ2n) is 5.62. The molecule has 3 rings (SSSR count).